The van der Waals surface area contributed by atoms with Crippen LogP contribution in [0.2, 0.25) is 0 Å². The van der Waals surface area contributed by atoms with Crippen molar-refractivity contribution in [2.75, 3.05) is 6.54 Å². The molecule has 2 aromatic rings. The van der Waals surface area contributed by atoms with Gasteiger partial charge in [0.25, 0.3) is 11.5 Å². The molecule has 1 amide bonds. The van der Waals surface area contributed by atoms with Crippen molar-refractivity contribution in [2.45, 2.75) is 39.7 Å². The second-order valence-electron chi connectivity index (χ2n) is 6.65. The van der Waals surface area contributed by atoms with Gasteiger partial charge in [0.1, 0.15) is 0 Å². The van der Waals surface area contributed by atoms with Crippen molar-refractivity contribution in [2.24, 2.45) is 11.7 Å². The lowest BCUT2D eigenvalue weighted by molar-refractivity contribution is 0.0897. The molecule has 8 nitrogen and oxygen atoms in total. The topological polar surface area (TPSA) is 119 Å². The van der Waals surface area contributed by atoms with Gasteiger partial charge in [0.05, 0.1) is 17.5 Å². The summed E-state index contributed by atoms with van der Waals surface area (Å²) in [5.74, 6) is 0.625. The molecule has 0 bridgehead atoms. The van der Waals surface area contributed by atoms with Crippen molar-refractivity contribution in [1.82, 2.24) is 25.3 Å². The summed E-state index contributed by atoms with van der Waals surface area (Å²) in [7, 11) is 0. The third-order valence-electron chi connectivity index (χ3n) is 3.86. The first-order valence-electron chi connectivity index (χ1n) is 7.89. The highest BCUT2D eigenvalue weighted by Crippen LogP contribution is 2.18. The Morgan fingerprint density at radius 1 is 1.46 bits per heavy atom. The number of H-pyrrole nitrogens is 1. The van der Waals surface area contributed by atoms with E-state index in [2.05, 4.69) is 34.5 Å². The van der Waals surface area contributed by atoms with E-state index in [1.165, 1.54) is 16.9 Å². The highest BCUT2D eigenvalue weighted by atomic mass is 16.2. The summed E-state index contributed by atoms with van der Waals surface area (Å²) in [5.41, 5.74) is 6.16. The fourth-order valence-corrected chi connectivity index (χ4v) is 2.75. The third kappa shape index (κ3) is 3.88. The predicted molar refractivity (Wildman–Crippen MR) is 91.1 cm³/mol. The van der Waals surface area contributed by atoms with Crippen molar-refractivity contribution < 1.29 is 4.79 Å². The maximum atomic E-state index is 12.6. The van der Waals surface area contributed by atoms with Gasteiger partial charge in [0.15, 0.2) is 5.82 Å². The highest BCUT2D eigenvalue weighted by molar-refractivity contribution is 5.95. The number of nitrogens with one attached hydrogen (secondary N) is 2. The summed E-state index contributed by atoms with van der Waals surface area (Å²) in [4.78, 5) is 23.7. The van der Waals surface area contributed by atoms with Crippen LogP contribution >= 0.6 is 0 Å². The number of carbonyl (C=O) groups excluding carboxylic acids is 1. The Balaban J connectivity index is 2.25. The Labute approximate surface area is 140 Å². The largest absolute Gasteiger partial charge is 0.345 e. The summed E-state index contributed by atoms with van der Waals surface area (Å²) in [6.45, 7) is 8.24. The lowest BCUT2D eigenvalue weighted by Crippen LogP contribution is -2.52. The van der Waals surface area contributed by atoms with Crippen molar-refractivity contribution in [3.8, 4) is 5.82 Å². The highest BCUT2D eigenvalue weighted by Gasteiger charge is 2.28. The van der Waals surface area contributed by atoms with E-state index < -0.39 is 5.54 Å². The lowest BCUT2D eigenvalue weighted by Gasteiger charge is -2.31. The average molecular weight is 332 g/mol. The molecule has 0 fully saturated rings. The zero-order valence-electron chi connectivity index (χ0n) is 14.5. The number of amides is 1. The van der Waals surface area contributed by atoms with Gasteiger partial charge in [-0.25, -0.2) is 9.78 Å². The fraction of sp³-hybridized carbons (Fsp3) is 0.500. The molecule has 2 aromatic heterocycles. The molecular weight excluding hydrogens is 308 g/mol. The van der Waals surface area contributed by atoms with Crippen LogP contribution < -0.4 is 16.6 Å². The number of carbonyl (C=O) groups is 1. The number of aromatic nitrogens is 4. The third-order valence-corrected chi connectivity index (χ3v) is 3.86. The van der Waals surface area contributed by atoms with E-state index in [4.69, 9.17) is 5.73 Å². The van der Waals surface area contributed by atoms with E-state index in [0.717, 1.165) is 6.42 Å². The maximum absolute atomic E-state index is 12.6. The van der Waals surface area contributed by atoms with Crippen molar-refractivity contribution in [3.63, 3.8) is 0 Å². The zero-order valence-corrected chi connectivity index (χ0v) is 14.5. The van der Waals surface area contributed by atoms with Gasteiger partial charge >= 0.3 is 0 Å². The van der Waals surface area contributed by atoms with Crippen LogP contribution in [0.3, 0.4) is 0 Å². The second kappa shape index (κ2) is 6.96. The van der Waals surface area contributed by atoms with Gasteiger partial charge in [-0.1, -0.05) is 13.8 Å². The van der Waals surface area contributed by atoms with E-state index in [0.29, 0.717) is 29.5 Å². The number of nitrogens with two attached hydrogens (primary N) is 1. The molecule has 0 aliphatic rings. The number of nitrogens with zero attached hydrogens (tertiary/aromatic N) is 3. The van der Waals surface area contributed by atoms with E-state index in [-0.39, 0.29) is 11.5 Å². The molecule has 2 heterocycles. The van der Waals surface area contributed by atoms with Gasteiger partial charge in [-0.15, -0.1) is 0 Å². The minimum Gasteiger partial charge on any atom is -0.345 e. The molecule has 8 heteroatoms. The first-order valence-corrected chi connectivity index (χ1v) is 7.89. The van der Waals surface area contributed by atoms with Crippen LogP contribution in [-0.2, 0) is 0 Å². The van der Waals surface area contributed by atoms with E-state index >= 15 is 0 Å². The van der Waals surface area contributed by atoms with Gasteiger partial charge in [0, 0.05) is 18.2 Å². The van der Waals surface area contributed by atoms with Crippen LogP contribution in [0.4, 0.5) is 0 Å². The predicted octanol–water partition coefficient (Wildman–Crippen LogP) is 0.757. The molecule has 0 radical (unpaired) electrons. The standard InChI is InChI=1S/C16H24N6O2/c1-10(2)7-16(4,9-17)19-15(24)12-8-18-22(11(12)3)13-5-6-14(23)21-20-13/h5-6,8,10H,7,9,17H2,1-4H3,(H,19,24)(H,21,23). The van der Waals surface area contributed by atoms with Crippen LogP contribution in [0.5, 0.6) is 0 Å². The van der Waals surface area contributed by atoms with Crippen molar-refractivity contribution in [3.05, 3.63) is 39.9 Å². The number of hydrogen-bond donors (Lipinski definition) is 3. The molecule has 24 heavy (non-hydrogen) atoms. The number of hydrogen-bond acceptors (Lipinski definition) is 5. The lowest BCUT2D eigenvalue weighted by atomic mass is 9.90. The molecule has 2 rings (SSSR count). The quantitative estimate of drug-likeness (QED) is 0.721. The molecule has 1 unspecified atom stereocenters. The molecule has 130 valence electrons. The van der Waals surface area contributed by atoms with Crippen LogP contribution in [0.25, 0.3) is 5.82 Å². The van der Waals surface area contributed by atoms with Crippen LogP contribution in [-0.4, -0.2) is 38.0 Å². The smallest absolute Gasteiger partial charge is 0.264 e. The van der Waals surface area contributed by atoms with E-state index in [9.17, 15) is 9.59 Å². The van der Waals surface area contributed by atoms with Crippen LogP contribution in [0, 0.1) is 12.8 Å². The molecular formula is C16H24N6O2. The summed E-state index contributed by atoms with van der Waals surface area (Å²) < 4.78 is 1.51. The van der Waals surface area contributed by atoms with Crippen LogP contribution in [0.1, 0.15) is 43.2 Å². The fourth-order valence-electron chi connectivity index (χ4n) is 2.75. The first kappa shape index (κ1) is 17.9. The average Bonchev–Trinajstić information content (AvgIpc) is 2.89. The van der Waals surface area contributed by atoms with Gasteiger partial charge in [0.2, 0.25) is 0 Å². The Bertz CT molecular complexity index is 759. The Kier molecular flexibility index (Phi) is 5.18. The van der Waals surface area contributed by atoms with E-state index in [1.54, 1.807) is 13.0 Å². The molecule has 0 aliphatic carbocycles. The number of aromatic amines is 1. The summed E-state index contributed by atoms with van der Waals surface area (Å²) >= 11 is 0. The second-order valence-corrected chi connectivity index (χ2v) is 6.65. The Morgan fingerprint density at radius 2 is 2.17 bits per heavy atom. The van der Waals surface area contributed by atoms with Gasteiger partial charge < -0.3 is 11.1 Å². The molecule has 1 atom stereocenters. The van der Waals surface area contributed by atoms with Crippen molar-refractivity contribution >= 4 is 5.91 Å². The van der Waals surface area contributed by atoms with E-state index in [1.807, 2.05) is 6.92 Å². The number of rotatable bonds is 6. The summed E-state index contributed by atoms with van der Waals surface area (Å²) in [6.07, 6.45) is 2.27. The van der Waals surface area contributed by atoms with Gasteiger partial charge in [-0.05, 0) is 32.3 Å². The first-order chi connectivity index (χ1) is 11.3. The Hall–Kier alpha value is -2.48. The van der Waals surface area contributed by atoms with Crippen LogP contribution in [0.15, 0.2) is 23.1 Å². The zero-order chi connectivity index (χ0) is 17.9. The SMILES string of the molecule is Cc1c(C(=O)NC(C)(CN)CC(C)C)cnn1-c1ccc(=O)[nH]n1. The monoisotopic (exact) mass is 332 g/mol. The molecule has 0 aromatic carbocycles. The molecule has 0 saturated carbocycles. The molecule has 4 N–H and O–H groups in total. The van der Waals surface area contributed by atoms with Gasteiger partial charge in [-0.3, -0.25) is 9.59 Å². The Morgan fingerprint density at radius 3 is 2.71 bits per heavy atom. The normalized spacial score (nSPS) is 13.8. The minimum absolute atomic E-state index is 0.225. The van der Waals surface area contributed by atoms with Gasteiger partial charge in [-0.2, -0.15) is 10.2 Å². The molecule has 0 spiro atoms. The summed E-state index contributed by atoms with van der Waals surface area (Å²) in [6, 6.07) is 2.90. The summed E-state index contributed by atoms with van der Waals surface area (Å²) in [5, 5.41) is 13.5. The minimum atomic E-state index is -0.476. The molecule has 0 aliphatic heterocycles. The van der Waals surface area contributed by atoms with Crippen molar-refractivity contribution in [1.29, 1.82) is 0 Å². The molecule has 0 saturated heterocycles. The maximum Gasteiger partial charge on any atom is 0.264 e.